The second-order valence-electron chi connectivity index (χ2n) is 4.54. The van der Waals surface area contributed by atoms with E-state index >= 15 is 0 Å². The monoisotopic (exact) mass is 291 g/mol. The molecule has 0 aliphatic heterocycles. The van der Waals surface area contributed by atoms with Crippen LogP contribution in [0.25, 0.3) is 5.69 Å². The number of terminal acetylenes is 1. The van der Waals surface area contributed by atoms with E-state index in [9.17, 15) is 9.36 Å². The van der Waals surface area contributed by atoms with E-state index in [-0.39, 0.29) is 0 Å². The molecule has 0 amide bonds. The number of hydrogen-bond acceptors (Lipinski definition) is 5. The van der Waals surface area contributed by atoms with Gasteiger partial charge < -0.3 is 14.4 Å². The number of nitrogens with zero attached hydrogens (tertiary/aromatic N) is 2. The number of anilines is 1. The van der Waals surface area contributed by atoms with Crippen LogP contribution < -0.4 is 16.4 Å². The van der Waals surface area contributed by atoms with E-state index in [2.05, 4.69) is 16.2 Å². The molecular formula is C13H14N3O3P. The van der Waals surface area contributed by atoms with Crippen molar-refractivity contribution in [3.8, 4) is 18.0 Å². The van der Waals surface area contributed by atoms with Gasteiger partial charge in [0.15, 0.2) is 0 Å². The quantitative estimate of drug-likeness (QED) is 0.674. The summed E-state index contributed by atoms with van der Waals surface area (Å²) >= 11 is 0. The Labute approximate surface area is 116 Å². The zero-order chi connectivity index (χ0) is 14.8. The summed E-state index contributed by atoms with van der Waals surface area (Å²) in [6, 6.07) is 5.21. The van der Waals surface area contributed by atoms with Crippen molar-refractivity contribution in [2.45, 2.75) is 0 Å². The lowest BCUT2D eigenvalue weighted by Crippen LogP contribution is -2.10. The molecular weight excluding hydrogens is 277 g/mol. The summed E-state index contributed by atoms with van der Waals surface area (Å²) in [6.45, 7) is 3.66. The van der Waals surface area contributed by atoms with Gasteiger partial charge in [0.1, 0.15) is 19.2 Å². The van der Waals surface area contributed by atoms with Crippen LogP contribution in [0, 0.1) is 12.3 Å². The van der Waals surface area contributed by atoms with Crippen molar-refractivity contribution in [1.29, 1.82) is 0 Å². The predicted molar refractivity (Wildman–Crippen MR) is 78.5 cm³/mol. The van der Waals surface area contributed by atoms with Gasteiger partial charge in [0.2, 0.25) is 0 Å². The molecule has 0 saturated heterocycles. The molecule has 2 rings (SSSR count). The Morgan fingerprint density at radius 2 is 2.25 bits per heavy atom. The fraction of sp³-hybridized carbons (Fsp3) is 0.231. The number of aromatic nitrogens is 2. The second kappa shape index (κ2) is 5.40. The molecule has 2 aromatic rings. The van der Waals surface area contributed by atoms with Gasteiger partial charge in [0, 0.05) is 5.30 Å². The molecule has 1 heterocycles. The minimum atomic E-state index is -2.43. The SMILES string of the molecule is C#CCNc1ccc(P(C)(C)=O)cc1-n1cnc(=O)o1. The average molecular weight is 291 g/mol. The Morgan fingerprint density at radius 1 is 1.50 bits per heavy atom. The van der Waals surface area contributed by atoms with Crippen molar-refractivity contribution in [2.75, 3.05) is 25.2 Å². The molecule has 0 radical (unpaired) electrons. The maximum absolute atomic E-state index is 12.2. The lowest BCUT2D eigenvalue weighted by molar-refractivity contribution is 0.321. The summed E-state index contributed by atoms with van der Waals surface area (Å²) in [7, 11) is -2.43. The first-order valence-electron chi connectivity index (χ1n) is 5.84. The van der Waals surface area contributed by atoms with Gasteiger partial charge in [-0.3, -0.25) is 0 Å². The summed E-state index contributed by atoms with van der Waals surface area (Å²) in [5.41, 5.74) is 1.21. The Kier molecular flexibility index (Phi) is 3.82. The Hall–Kier alpha value is -2.25. The summed E-state index contributed by atoms with van der Waals surface area (Å²) in [4.78, 5) is 14.6. The molecule has 1 aromatic heterocycles. The van der Waals surface area contributed by atoms with Gasteiger partial charge in [-0.15, -0.1) is 6.42 Å². The molecule has 6 nitrogen and oxygen atoms in total. The summed E-state index contributed by atoms with van der Waals surface area (Å²) < 4.78 is 18.3. The van der Waals surface area contributed by atoms with Gasteiger partial charge in [0.25, 0.3) is 0 Å². The van der Waals surface area contributed by atoms with Crippen molar-refractivity contribution in [3.05, 3.63) is 35.1 Å². The van der Waals surface area contributed by atoms with Gasteiger partial charge in [-0.2, -0.15) is 9.72 Å². The van der Waals surface area contributed by atoms with Gasteiger partial charge >= 0.3 is 5.76 Å². The number of nitrogens with one attached hydrogen (secondary N) is 1. The van der Waals surface area contributed by atoms with Crippen molar-refractivity contribution >= 4 is 18.1 Å². The molecule has 0 bridgehead atoms. The number of hydrogen-bond donors (Lipinski definition) is 1. The van der Waals surface area contributed by atoms with Crippen LogP contribution in [0.15, 0.2) is 33.8 Å². The fourth-order valence-electron chi connectivity index (χ4n) is 1.68. The predicted octanol–water partition coefficient (Wildman–Crippen LogP) is 1.12. The highest BCUT2D eigenvalue weighted by molar-refractivity contribution is 7.70. The lowest BCUT2D eigenvalue weighted by atomic mass is 10.2. The third-order valence-corrected chi connectivity index (χ3v) is 4.19. The molecule has 1 aromatic carbocycles. The van der Waals surface area contributed by atoms with Crippen molar-refractivity contribution in [2.24, 2.45) is 0 Å². The van der Waals surface area contributed by atoms with Crippen molar-refractivity contribution in [3.63, 3.8) is 0 Å². The molecule has 0 aliphatic carbocycles. The average Bonchev–Trinajstić information content (AvgIpc) is 2.81. The molecule has 0 spiro atoms. The Balaban J connectivity index is 2.57. The third kappa shape index (κ3) is 3.01. The van der Waals surface area contributed by atoms with E-state index < -0.39 is 12.9 Å². The van der Waals surface area contributed by atoms with E-state index in [4.69, 9.17) is 10.9 Å². The van der Waals surface area contributed by atoms with Gasteiger partial charge in [-0.1, -0.05) is 5.92 Å². The van der Waals surface area contributed by atoms with Crippen LogP contribution in [-0.2, 0) is 4.57 Å². The Morgan fingerprint density at radius 3 is 2.80 bits per heavy atom. The zero-order valence-electron chi connectivity index (χ0n) is 11.2. The van der Waals surface area contributed by atoms with E-state index in [0.717, 1.165) is 0 Å². The molecule has 7 heteroatoms. The summed E-state index contributed by atoms with van der Waals surface area (Å²) in [5, 5.41) is 3.69. The van der Waals surface area contributed by atoms with E-state index in [1.807, 2.05) is 0 Å². The highest BCUT2D eigenvalue weighted by Gasteiger charge is 2.15. The standard InChI is InChI=1S/C13H14N3O3P/c1-4-7-14-11-6-5-10(20(2,3)18)8-12(11)16-9-15-13(17)19-16/h1,5-6,8-9,14H,7H2,2-3H3. The smallest absolute Gasteiger partial charge is 0.372 e. The largest absolute Gasteiger partial charge is 0.459 e. The first-order chi connectivity index (χ1) is 9.41. The molecule has 0 atom stereocenters. The van der Waals surface area contributed by atoms with Gasteiger partial charge in [-0.25, -0.2) is 4.79 Å². The molecule has 0 fully saturated rings. The van der Waals surface area contributed by atoms with Gasteiger partial charge in [-0.05, 0) is 31.5 Å². The lowest BCUT2D eigenvalue weighted by Gasteiger charge is -2.13. The van der Waals surface area contributed by atoms with Gasteiger partial charge in [0.05, 0.1) is 12.2 Å². The van der Waals surface area contributed by atoms with Crippen molar-refractivity contribution in [1.82, 2.24) is 9.72 Å². The third-order valence-electron chi connectivity index (χ3n) is 2.67. The topological polar surface area (TPSA) is 77.1 Å². The summed E-state index contributed by atoms with van der Waals surface area (Å²) in [5.74, 6) is 1.76. The highest BCUT2D eigenvalue weighted by Crippen LogP contribution is 2.36. The molecule has 104 valence electrons. The molecule has 20 heavy (non-hydrogen) atoms. The summed E-state index contributed by atoms with van der Waals surface area (Å²) in [6.07, 6.45) is 6.48. The van der Waals surface area contributed by atoms with Crippen LogP contribution in [0.2, 0.25) is 0 Å². The van der Waals surface area contributed by atoms with Crippen LogP contribution in [0.5, 0.6) is 0 Å². The first kappa shape index (κ1) is 14.2. The Bertz CT molecular complexity index is 764. The molecule has 0 unspecified atom stereocenters. The zero-order valence-corrected chi connectivity index (χ0v) is 12.1. The maximum Gasteiger partial charge on any atom is 0.459 e. The minimum absolute atomic E-state index is 0.321. The van der Waals surface area contributed by atoms with Crippen LogP contribution in [0.1, 0.15) is 0 Å². The fourth-order valence-corrected chi connectivity index (χ4v) is 2.54. The van der Waals surface area contributed by atoms with Crippen LogP contribution in [0.4, 0.5) is 5.69 Å². The minimum Gasteiger partial charge on any atom is -0.372 e. The van der Waals surface area contributed by atoms with Crippen LogP contribution in [0.3, 0.4) is 0 Å². The van der Waals surface area contributed by atoms with E-state index in [1.54, 1.807) is 31.5 Å². The normalized spacial score (nSPS) is 11.1. The van der Waals surface area contributed by atoms with E-state index in [1.165, 1.54) is 11.1 Å². The van der Waals surface area contributed by atoms with E-state index in [0.29, 0.717) is 23.2 Å². The highest BCUT2D eigenvalue weighted by atomic mass is 31.2. The molecule has 0 saturated carbocycles. The van der Waals surface area contributed by atoms with Crippen LogP contribution >= 0.6 is 7.14 Å². The van der Waals surface area contributed by atoms with Crippen molar-refractivity contribution < 1.29 is 9.09 Å². The number of rotatable bonds is 4. The van der Waals surface area contributed by atoms with Crippen LogP contribution in [-0.4, -0.2) is 29.6 Å². The second-order valence-corrected chi connectivity index (χ2v) is 7.76. The first-order valence-corrected chi connectivity index (χ1v) is 8.44. The molecule has 0 aliphatic rings. The molecule has 1 N–H and O–H groups in total. The maximum atomic E-state index is 12.2. The number of benzene rings is 1.